The maximum absolute atomic E-state index is 5.99. The van der Waals surface area contributed by atoms with Crippen LogP contribution in [0.15, 0.2) is 0 Å². The van der Waals surface area contributed by atoms with E-state index in [1.165, 1.54) is 77.3 Å². The molecule has 3 rings (SSSR count). The number of rotatable bonds is 5. The van der Waals surface area contributed by atoms with Gasteiger partial charge in [-0.15, -0.1) is 0 Å². The van der Waals surface area contributed by atoms with Gasteiger partial charge in [0.15, 0.2) is 0 Å². The third-order valence-electron chi connectivity index (χ3n) is 6.13. The molecule has 3 fully saturated rings. The number of nitrogens with two attached hydrogens (primary N) is 1. The van der Waals surface area contributed by atoms with Gasteiger partial charge in [0.05, 0.1) is 0 Å². The zero-order valence-corrected chi connectivity index (χ0v) is 11.9. The van der Waals surface area contributed by atoms with Crippen LogP contribution in [-0.2, 0) is 0 Å². The predicted octanol–water partition coefficient (Wildman–Crippen LogP) is 3.16. The highest BCUT2D eigenvalue weighted by Gasteiger charge is 2.38. The number of hydrogen-bond donors (Lipinski definition) is 1. The molecule has 1 saturated heterocycles. The molecule has 3 aliphatic rings. The minimum Gasteiger partial charge on any atom is -0.330 e. The van der Waals surface area contributed by atoms with E-state index in [4.69, 9.17) is 5.73 Å². The maximum atomic E-state index is 5.99. The zero-order chi connectivity index (χ0) is 12.4. The van der Waals surface area contributed by atoms with Crippen molar-refractivity contribution in [3.63, 3.8) is 0 Å². The van der Waals surface area contributed by atoms with E-state index in [-0.39, 0.29) is 0 Å². The third kappa shape index (κ3) is 2.46. The normalized spacial score (nSPS) is 32.8. The van der Waals surface area contributed by atoms with Gasteiger partial charge < -0.3 is 10.6 Å². The van der Waals surface area contributed by atoms with Gasteiger partial charge in [-0.3, -0.25) is 0 Å². The fourth-order valence-electron chi connectivity index (χ4n) is 4.62. The highest BCUT2D eigenvalue weighted by molar-refractivity contribution is 4.92. The first-order valence-electron chi connectivity index (χ1n) is 8.27. The van der Waals surface area contributed by atoms with Crippen LogP contribution >= 0.6 is 0 Å². The molecule has 0 radical (unpaired) electrons. The van der Waals surface area contributed by atoms with Crippen LogP contribution in [0.3, 0.4) is 0 Å². The molecule has 1 unspecified atom stereocenters. The van der Waals surface area contributed by atoms with Gasteiger partial charge in [0.25, 0.3) is 0 Å². The second-order valence-electron chi connectivity index (χ2n) is 7.10. The minimum absolute atomic E-state index is 0.544. The quantitative estimate of drug-likeness (QED) is 0.812. The Morgan fingerprint density at radius 2 is 1.78 bits per heavy atom. The number of hydrogen-bond acceptors (Lipinski definition) is 2. The summed E-state index contributed by atoms with van der Waals surface area (Å²) in [5.41, 5.74) is 6.54. The Hall–Kier alpha value is -0.0800. The van der Waals surface area contributed by atoms with Crippen molar-refractivity contribution < 1.29 is 0 Å². The van der Waals surface area contributed by atoms with E-state index in [0.717, 1.165) is 18.5 Å². The molecular formula is C16H30N2. The molecule has 2 aliphatic carbocycles. The lowest BCUT2D eigenvalue weighted by atomic mass is 9.66. The molecule has 2 N–H and O–H groups in total. The Morgan fingerprint density at radius 3 is 2.39 bits per heavy atom. The van der Waals surface area contributed by atoms with Crippen molar-refractivity contribution >= 4 is 0 Å². The largest absolute Gasteiger partial charge is 0.330 e. The molecule has 1 atom stereocenters. The summed E-state index contributed by atoms with van der Waals surface area (Å²) in [5.74, 6) is 1.03. The number of nitrogens with zero attached hydrogens (tertiary/aromatic N) is 1. The summed E-state index contributed by atoms with van der Waals surface area (Å²) in [4.78, 5) is 2.83. The molecule has 1 heterocycles. The van der Waals surface area contributed by atoms with E-state index < -0.39 is 0 Å². The monoisotopic (exact) mass is 250 g/mol. The Kier molecular flexibility index (Phi) is 3.95. The fraction of sp³-hybridized carbons (Fsp3) is 1.00. The lowest BCUT2D eigenvalue weighted by Gasteiger charge is -2.43. The van der Waals surface area contributed by atoms with Crippen LogP contribution in [0.25, 0.3) is 0 Å². The molecule has 18 heavy (non-hydrogen) atoms. The summed E-state index contributed by atoms with van der Waals surface area (Å²) in [6, 6.07) is 0.933. The molecule has 0 spiro atoms. The zero-order valence-electron chi connectivity index (χ0n) is 11.9. The number of likely N-dealkylation sites (tertiary alicyclic amines) is 1. The van der Waals surface area contributed by atoms with Gasteiger partial charge in [-0.25, -0.2) is 0 Å². The molecule has 2 saturated carbocycles. The van der Waals surface area contributed by atoms with Crippen molar-refractivity contribution in [2.24, 2.45) is 17.1 Å². The second kappa shape index (κ2) is 5.50. The van der Waals surface area contributed by atoms with Gasteiger partial charge in [0.2, 0.25) is 0 Å². The lowest BCUT2D eigenvalue weighted by molar-refractivity contribution is 0.0927. The standard InChI is InChI=1S/C16H30N2/c17-13-16(8-4-9-16)10-12-18-11-3-7-15(18)14-5-1-2-6-14/h14-15H,1-13,17H2. The van der Waals surface area contributed by atoms with E-state index in [1.54, 1.807) is 0 Å². The second-order valence-corrected chi connectivity index (χ2v) is 7.10. The van der Waals surface area contributed by atoms with E-state index in [0.29, 0.717) is 5.41 Å². The summed E-state index contributed by atoms with van der Waals surface area (Å²) >= 11 is 0. The third-order valence-corrected chi connectivity index (χ3v) is 6.13. The molecule has 1 aliphatic heterocycles. The van der Waals surface area contributed by atoms with Crippen LogP contribution in [0.2, 0.25) is 0 Å². The molecule has 0 amide bonds. The predicted molar refractivity (Wildman–Crippen MR) is 76.5 cm³/mol. The van der Waals surface area contributed by atoms with Crippen molar-refractivity contribution in [3.05, 3.63) is 0 Å². The van der Waals surface area contributed by atoms with E-state index in [1.807, 2.05) is 0 Å². The summed E-state index contributed by atoms with van der Waals surface area (Å²) in [7, 11) is 0. The Balaban J connectivity index is 1.51. The molecule has 0 aromatic rings. The van der Waals surface area contributed by atoms with Crippen molar-refractivity contribution in [3.8, 4) is 0 Å². The highest BCUT2D eigenvalue weighted by Crippen LogP contribution is 2.44. The minimum atomic E-state index is 0.544. The molecule has 0 bridgehead atoms. The maximum Gasteiger partial charge on any atom is 0.0124 e. The first-order chi connectivity index (χ1) is 8.83. The summed E-state index contributed by atoms with van der Waals surface area (Å²) < 4.78 is 0. The van der Waals surface area contributed by atoms with Crippen molar-refractivity contribution in [1.29, 1.82) is 0 Å². The SMILES string of the molecule is NCC1(CCN2CCCC2C2CCCC2)CCC1. The molecular weight excluding hydrogens is 220 g/mol. The van der Waals surface area contributed by atoms with Crippen molar-refractivity contribution in [2.75, 3.05) is 19.6 Å². The van der Waals surface area contributed by atoms with Gasteiger partial charge >= 0.3 is 0 Å². The van der Waals surface area contributed by atoms with Crippen LogP contribution < -0.4 is 5.73 Å². The topological polar surface area (TPSA) is 29.3 Å². The van der Waals surface area contributed by atoms with Crippen molar-refractivity contribution in [1.82, 2.24) is 4.90 Å². The Labute approximate surface area is 112 Å². The van der Waals surface area contributed by atoms with E-state index >= 15 is 0 Å². The molecule has 104 valence electrons. The van der Waals surface area contributed by atoms with E-state index in [2.05, 4.69) is 4.90 Å². The summed E-state index contributed by atoms with van der Waals surface area (Å²) in [5, 5.41) is 0. The Morgan fingerprint density at radius 1 is 1.00 bits per heavy atom. The van der Waals surface area contributed by atoms with Gasteiger partial charge in [-0.1, -0.05) is 19.3 Å². The summed E-state index contributed by atoms with van der Waals surface area (Å²) in [6.07, 6.45) is 14.5. The van der Waals surface area contributed by atoms with E-state index in [9.17, 15) is 0 Å². The Bertz CT molecular complexity index is 261. The molecule has 2 heteroatoms. The molecule has 0 aromatic heterocycles. The lowest BCUT2D eigenvalue weighted by Crippen LogP contribution is -2.42. The molecule has 0 aromatic carbocycles. The van der Waals surface area contributed by atoms with Crippen LogP contribution in [-0.4, -0.2) is 30.6 Å². The van der Waals surface area contributed by atoms with Gasteiger partial charge in [0.1, 0.15) is 0 Å². The first-order valence-corrected chi connectivity index (χ1v) is 8.27. The fourth-order valence-corrected chi connectivity index (χ4v) is 4.62. The smallest absolute Gasteiger partial charge is 0.0124 e. The summed E-state index contributed by atoms with van der Waals surface area (Å²) in [6.45, 7) is 3.62. The average molecular weight is 250 g/mol. The average Bonchev–Trinajstić information content (AvgIpc) is 2.98. The van der Waals surface area contributed by atoms with Crippen molar-refractivity contribution in [2.45, 2.75) is 70.3 Å². The highest BCUT2D eigenvalue weighted by atomic mass is 15.2. The van der Waals surface area contributed by atoms with Gasteiger partial charge in [0, 0.05) is 6.04 Å². The van der Waals surface area contributed by atoms with Crippen LogP contribution in [0.5, 0.6) is 0 Å². The first kappa shape index (κ1) is 12.9. The van der Waals surface area contributed by atoms with Gasteiger partial charge in [-0.05, 0) is 75.9 Å². The van der Waals surface area contributed by atoms with Crippen LogP contribution in [0.4, 0.5) is 0 Å². The van der Waals surface area contributed by atoms with Gasteiger partial charge in [-0.2, -0.15) is 0 Å². The van der Waals surface area contributed by atoms with Crippen LogP contribution in [0.1, 0.15) is 64.2 Å². The van der Waals surface area contributed by atoms with Crippen LogP contribution in [0, 0.1) is 11.3 Å². The molecule has 2 nitrogen and oxygen atoms in total.